The van der Waals surface area contributed by atoms with Crippen LogP contribution >= 0.6 is 0 Å². The highest BCUT2D eigenvalue weighted by Gasteiger charge is 2.00. The highest BCUT2D eigenvalue weighted by atomic mass is 16.3. The first-order chi connectivity index (χ1) is 6.09. The Hall–Kier alpha value is -1.43. The van der Waals surface area contributed by atoms with E-state index in [1.54, 1.807) is 13.8 Å². The van der Waals surface area contributed by atoms with E-state index >= 15 is 0 Å². The van der Waals surface area contributed by atoms with Gasteiger partial charge < -0.3 is 10.4 Å². The van der Waals surface area contributed by atoms with Crippen LogP contribution in [-0.2, 0) is 0 Å². The van der Waals surface area contributed by atoms with Crippen LogP contribution in [0.2, 0.25) is 0 Å². The van der Waals surface area contributed by atoms with E-state index in [0.29, 0.717) is 12.2 Å². The Morgan fingerprint density at radius 3 is 2.85 bits per heavy atom. The van der Waals surface area contributed by atoms with Gasteiger partial charge in [-0.15, -0.1) is 10.2 Å². The van der Waals surface area contributed by atoms with Crippen molar-refractivity contribution < 1.29 is 5.11 Å². The molecule has 1 heterocycles. The molecule has 0 aliphatic carbocycles. The predicted molar refractivity (Wildman–Crippen MR) is 47.6 cm³/mol. The molecule has 1 aromatic heterocycles. The van der Waals surface area contributed by atoms with Gasteiger partial charge in [-0.05, 0) is 13.8 Å². The van der Waals surface area contributed by atoms with E-state index in [0.717, 1.165) is 0 Å². The number of H-pyrrole nitrogens is 1. The van der Waals surface area contributed by atoms with Crippen LogP contribution in [0.5, 0.6) is 0 Å². The fourth-order valence-corrected chi connectivity index (χ4v) is 0.717. The van der Waals surface area contributed by atoms with Crippen LogP contribution in [0, 0.1) is 6.92 Å². The maximum atomic E-state index is 11.0. The van der Waals surface area contributed by atoms with E-state index in [9.17, 15) is 4.79 Å². The standard InChI is InChI=1S/C7H12N4O2/c1-4(12)3-8-7-9-6(13)5(2)10-11-7/h4,12H,3H2,1-2H3,(H2,8,9,11,13). The Morgan fingerprint density at radius 2 is 2.31 bits per heavy atom. The predicted octanol–water partition coefficient (Wildman–Crippen LogP) is -0.734. The Balaban J connectivity index is 2.69. The van der Waals surface area contributed by atoms with Gasteiger partial charge in [-0.25, -0.2) is 0 Å². The third-order valence-electron chi connectivity index (χ3n) is 1.43. The van der Waals surface area contributed by atoms with E-state index in [1.807, 2.05) is 0 Å². The lowest BCUT2D eigenvalue weighted by molar-refractivity contribution is 0.208. The van der Waals surface area contributed by atoms with E-state index in [1.165, 1.54) is 0 Å². The minimum atomic E-state index is -0.494. The van der Waals surface area contributed by atoms with Crippen molar-refractivity contribution in [2.75, 3.05) is 11.9 Å². The molecule has 0 aromatic carbocycles. The summed E-state index contributed by atoms with van der Waals surface area (Å²) in [6.45, 7) is 3.53. The van der Waals surface area contributed by atoms with Crippen molar-refractivity contribution in [1.82, 2.24) is 15.2 Å². The lowest BCUT2D eigenvalue weighted by Crippen LogP contribution is -2.21. The van der Waals surface area contributed by atoms with Gasteiger partial charge in [-0.1, -0.05) is 0 Å². The molecule has 0 radical (unpaired) electrons. The van der Waals surface area contributed by atoms with Gasteiger partial charge in [0.05, 0.1) is 6.10 Å². The number of nitrogens with zero attached hydrogens (tertiary/aromatic N) is 2. The normalized spacial score (nSPS) is 12.5. The molecule has 3 N–H and O–H groups in total. The highest BCUT2D eigenvalue weighted by Crippen LogP contribution is 1.91. The fraction of sp³-hybridized carbons (Fsp3) is 0.571. The summed E-state index contributed by atoms with van der Waals surface area (Å²) in [7, 11) is 0. The Bertz CT molecular complexity index is 334. The number of aliphatic hydroxyl groups excluding tert-OH is 1. The number of anilines is 1. The Kier molecular flexibility index (Phi) is 2.97. The second-order valence-electron chi connectivity index (χ2n) is 2.82. The van der Waals surface area contributed by atoms with Crippen molar-refractivity contribution in [2.24, 2.45) is 0 Å². The smallest absolute Gasteiger partial charge is 0.273 e. The molecule has 6 nitrogen and oxygen atoms in total. The zero-order chi connectivity index (χ0) is 9.84. The number of rotatable bonds is 3. The number of hydrogen-bond donors (Lipinski definition) is 3. The van der Waals surface area contributed by atoms with Crippen molar-refractivity contribution in [3.05, 3.63) is 16.0 Å². The maximum Gasteiger partial charge on any atom is 0.273 e. The van der Waals surface area contributed by atoms with E-state index < -0.39 is 6.10 Å². The van der Waals surface area contributed by atoms with Gasteiger partial charge in [0, 0.05) is 6.54 Å². The third-order valence-corrected chi connectivity index (χ3v) is 1.43. The quantitative estimate of drug-likeness (QED) is 0.576. The zero-order valence-electron chi connectivity index (χ0n) is 7.53. The summed E-state index contributed by atoms with van der Waals surface area (Å²) in [6, 6.07) is 0. The van der Waals surface area contributed by atoms with Crippen LogP contribution in [0.3, 0.4) is 0 Å². The van der Waals surface area contributed by atoms with Crippen molar-refractivity contribution in [3.8, 4) is 0 Å². The van der Waals surface area contributed by atoms with Crippen LogP contribution in [0.25, 0.3) is 0 Å². The van der Waals surface area contributed by atoms with Gasteiger partial charge in [0.1, 0.15) is 5.69 Å². The first-order valence-electron chi connectivity index (χ1n) is 3.95. The van der Waals surface area contributed by atoms with E-state index in [2.05, 4.69) is 20.5 Å². The molecule has 1 unspecified atom stereocenters. The first kappa shape index (κ1) is 9.66. The topological polar surface area (TPSA) is 90.9 Å². The van der Waals surface area contributed by atoms with Crippen LogP contribution in [0.15, 0.2) is 4.79 Å². The second-order valence-corrected chi connectivity index (χ2v) is 2.82. The van der Waals surface area contributed by atoms with Gasteiger partial charge in [0.25, 0.3) is 5.56 Å². The van der Waals surface area contributed by atoms with Gasteiger partial charge in [-0.2, -0.15) is 0 Å². The van der Waals surface area contributed by atoms with Crippen molar-refractivity contribution in [2.45, 2.75) is 20.0 Å². The summed E-state index contributed by atoms with van der Waals surface area (Å²) in [5.74, 6) is 0.275. The number of aromatic nitrogens is 3. The van der Waals surface area contributed by atoms with Crippen molar-refractivity contribution >= 4 is 5.95 Å². The van der Waals surface area contributed by atoms with Crippen LogP contribution in [0.1, 0.15) is 12.6 Å². The average molecular weight is 184 g/mol. The van der Waals surface area contributed by atoms with Gasteiger partial charge >= 0.3 is 0 Å². The number of aromatic amines is 1. The molecule has 0 saturated carbocycles. The Labute approximate surface area is 75.0 Å². The molecule has 0 saturated heterocycles. The molecule has 0 fully saturated rings. The van der Waals surface area contributed by atoms with Crippen LogP contribution in [-0.4, -0.2) is 32.9 Å². The van der Waals surface area contributed by atoms with E-state index in [-0.39, 0.29) is 11.5 Å². The summed E-state index contributed by atoms with van der Waals surface area (Å²) >= 11 is 0. The average Bonchev–Trinajstić information content (AvgIpc) is 2.07. The lowest BCUT2D eigenvalue weighted by Gasteiger charge is -2.05. The fourth-order valence-electron chi connectivity index (χ4n) is 0.717. The molecular formula is C7H12N4O2. The summed E-state index contributed by atoms with van der Waals surface area (Å²) in [5, 5.41) is 19.0. The molecule has 0 spiro atoms. The molecule has 13 heavy (non-hydrogen) atoms. The molecule has 72 valence electrons. The molecule has 1 atom stereocenters. The summed E-state index contributed by atoms with van der Waals surface area (Å²) in [5.41, 5.74) is 0.0469. The number of hydrogen-bond acceptors (Lipinski definition) is 5. The van der Waals surface area contributed by atoms with Crippen molar-refractivity contribution in [3.63, 3.8) is 0 Å². The molecule has 6 heteroatoms. The van der Waals surface area contributed by atoms with Crippen LogP contribution in [0.4, 0.5) is 5.95 Å². The zero-order valence-corrected chi connectivity index (χ0v) is 7.53. The van der Waals surface area contributed by atoms with E-state index in [4.69, 9.17) is 5.11 Å². The number of nitrogens with one attached hydrogen (secondary N) is 2. The maximum absolute atomic E-state index is 11.0. The van der Waals surface area contributed by atoms with Crippen LogP contribution < -0.4 is 10.9 Å². The first-order valence-corrected chi connectivity index (χ1v) is 3.95. The second kappa shape index (κ2) is 3.99. The summed E-state index contributed by atoms with van der Waals surface area (Å²) in [6.07, 6.45) is -0.494. The monoisotopic (exact) mass is 184 g/mol. The molecule has 1 rings (SSSR count). The minimum absolute atomic E-state index is 0.275. The van der Waals surface area contributed by atoms with Crippen molar-refractivity contribution in [1.29, 1.82) is 0 Å². The van der Waals surface area contributed by atoms with Gasteiger partial charge in [0.2, 0.25) is 5.95 Å². The Morgan fingerprint density at radius 1 is 1.62 bits per heavy atom. The SMILES string of the molecule is Cc1nnc(NCC(C)O)[nH]c1=O. The molecule has 1 aromatic rings. The molecular weight excluding hydrogens is 172 g/mol. The molecule has 0 aliphatic heterocycles. The number of aliphatic hydroxyl groups is 1. The molecule has 0 aliphatic rings. The minimum Gasteiger partial charge on any atom is -0.392 e. The van der Waals surface area contributed by atoms with Gasteiger partial charge in [0.15, 0.2) is 0 Å². The van der Waals surface area contributed by atoms with Gasteiger partial charge in [-0.3, -0.25) is 9.78 Å². The summed E-state index contributed by atoms with van der Waals surface area (Å²) in [4.78, 5) is 13.5. The third kappa shape index (κ3) is 2.83. The number of aryl methyl sites for hydroxylation is 1. The lowest BCUT2D eigenvalue weighted by atomic mass is 10.4. The molecule has 0 bridgehead atoms. The molecule has 0 amide bonds. The highest BCUT2D eigenvalue weighted by molar-refractivity contribution is 5.21. The largest absolute Gasteiger partial charge is 0.392 e. The summed E-state index contributed by atoms with van der Waals surface area (Å²) < 4.78 is 0.